The molecule has 150 valence electrons. The van der Waals surface area contributed by atoms with Gasteiger partial charge in [-0.05, 0) is 36.2 Å². The third-order valence-corrected chi connectivity index (χ3v) is 4.78. The van der Waals surface area contributed by atoms with Crippen molar-refractivity contribution in [2.24, 2.45) is 0 Å². The number of benzene rings is 3. The molecular formula is C24H22N4O2. The predicted molar refractivity (Wildman–Crippen MR) is 115 cm³/mol. The van der Waals surface area contributed by atoms with Crippen LogP contribution in [-0.4, -0.2) is 27.3 Å². The average molecular weight is 398 g/mol. The van der Waals surface area contributed by atoms with Gasteiger partial charge in [-0.1, -0.05) is 60.7 Å². The van der Waals surface area contributed by atoms with Crippen LogP contribution in [0.3, 0.4) is 0 Å². The zero-order chi connectivity index (χ0) is 20.8. The van der Waals surface area contributed by atoms with Crippen LogP contribution >= 0.6 is 0 Å². The first-order valence-electron chi connectivity index (χ1n) is 9.72. The van der Waals surface area contributed by atoms with E-state index in [0.29, 0.717) is 5.75 Å². The normalized spacial score (nSPS) is 11.6. The lowest BCUT2D eigenvalue weighted by Gasteiger charge is -2.16. The summed E-state index contributed by atoms with van der Waals surface area (Å²) in [6, 6.07) is 25.4. The summed E-state index contributed by atoms with van der Waals surface area (Å²) in [6.07, 6.45) is 3.14. The first-order valence-corrected chi connectivity index (χ1v) is 9.72. The Morgan fingerprint density at radius 1 is 1.00 bits per heavy atom. The van der Waals surface area contributed by atoms with E-state index < -0.39 is 0 Å². The number of carbonyl (C=O) groups excluding carboxylic acids is 1. The van der Waals surface area contributed by atoms with Crippen LogP contribution in [0.5, 0.6) is 5.75 Å². The van der Waals surface area contributed by atoms with Gasteiger partial charge in [-0.2, -0.15) is 5.10 Å². The van der Waals surface area contributed by atoms with Crippen LogP contribution in [0.15, 0.2) is 91.5 Å². The van der Waals surface area contributed by atoms with E-state index in [0.717, 1.165) is 22.4 Å². The molecule has 4 rings (SSSR count). The number of carbonyl (C=O) groups is 1. The van der Waals surface area contributed by atoms with E-state index in [1.165, 1.54) is 6.33 Å². The average Bonchev–Trinajstić information content (AvgIpc) is 3.34. The van der Waals surface area contributed by atoms with Crippen molar-refractivity contribution in [1.29, 1.82) is 0 Å². The predicted octanol–water partition coefficient (Wildman–Crippen LogP) is 4.19. The highest BCUT2D eigenvalue weighted by molar-refractivity contribution is 5.78. The first-order chi connectivity index (χ1) is 14.7. The maximum absolute atomic E-state index is 12.4. The molecule has 0 spiro atoms. The lowest BCUT2D eigenvalue weighted by Crippen LogP contribution is -2.31. The molecule has 1 heterocycles. The van der Waals surface area contributed by atoms with Gasteiger partial charge in [0.25, 0.3) is 5.91 Å². The van der Waals surface area contributed by atoms with Gasteiger partial charge in [-0.25, -0.2) is 9.67 Å². The molecule has 0 unspecified atom stereocenters. The molecule has 0 bridgehead atoms. The second-order valence-electron chi connectivity index (χ2n) is 6.87. The van der Waals surface area contributed by atoms with Crippen molar-refractivity contribution in [3.63, 3.8) is 0 Å². The minimum Gasteiger partial charge on any atom is -0.483 e. The van der Waals surface area contributed by atoms with Crippen LogP contribution in [0, 0.1) is 0 Å². The molecule has 1 N–H and O–H groups in total. The van der Waals surface area contributed by atoms with Crippen LogP contribution in [0.25, 0.3) is 16.8 Å². The molecular weight excluding hydrogens is 376 g/mol. The van der Waals surface area contributed by atoms with Gasteiger partial charge >= 0.3 is 0 Å². The fourth-order valence-electron chi connectivity index (χ4n) is 3.22. The molecule has 0 saturated carbocycles. The van der Waals surface area contributed by atoms with Crippen LogP contribution in [0.2, 0.25) is 0 Å². The van der Waals surface area contributed by atoms with Crippen molar-refractivity contribution >= 4 is 5.91 Å². The van der Waals surface area contributed by atoms with E-state index in [4.69, 9.17) is 4.74 Å². The lowest BCUT2D eigenvalue weighted by molar-refractivity contribution is -0.123. The molecule has 6 heteroatoms. The minimum absolute atomic E-state index is 0.0504. The van der Waals surface area contributed by atoms with Gasteiger partial charge in [0.2, 0.25) is 0 Å². The van der Waals surface area contributed by atoms with Crippen molar-refractivity contribution in [3.05, 3.63) is 97.1 Å². The number of aromatic nitrogens is 3. The van der Waals surface area contributed by atoms with E-state index in [1.807, 2.05) is 85.8 Å². The Morgan fingerprint density at radius 2 is 1.73 bits per heavy atom. The molecule has 30 heavy (non-hydrogen) atoms. The third-order valence-electron chi connectivity index (χ3n) is 4.78. The highest BCUT2D eigenvalue weighted by Crippen LogP contribution is 2.29. The highest BCUT2D eigenvalue weighted by Gasteiger charge is 2.12. The van der Waals surface area contributed by atoms with Gasteiger partial charge in [0, 0.05) is 5.56 Å². The zero-order valence-electron chi connectivity index (χ0n) is 16.6. The number of amides is 1. The summed E-state index contributed by atoms with van der Waals surface area (Å²) in [6.45, 7) is 1.89. The smallest absolute Gasteiger partial charge is 0.258 e. The van der Waals surface area contributed by atoms with Crippen molar-refractivity contribution in [1.82, 2.24) is 20.1 Å². The maximum atomic E-state index is 12.4. The number of rotatable bonds is 7. The standard InChI is InChI=1S/C24H22N4O2/c1-18(19-11-13-21(14-12-19)28-17-25-16-26-28)27-24(29)15-30-23-10-6-5-9-22(23)20-7-3-2-4-8-20/h2-14,16-18H,15H2,1H3,(H,27,29)/t18-/m0/s1. The summed E-state index contributed by atoms with van der Waals surface area (Å²) >= 11 is 0. The number of nitrogens with zero attached hydrogens (tertiary/aromatic N) is 3. The van der Waals surface area contributed by atoms with Crippen LogP contribution < -0.4 is 10.1 Å². The number of nitrogens with one attached hydrogen (secondary N) is 1. The SMILES string of the molecule is C[C@H](NC(=O)COc1ccccc1-c1ccccc1)c1ccc(-n2cncn2)cc1. The summed E-state index contributed by atoms with van der Waals surface area (Å²) in [7, 11) is 0. The van der Waals surface area contributed by atoms with Crippen LogP contribution in [0.1, 0.15) is 18.5 Å². The molecule has 0 saturated heterocycles. The number of hydrogen-bond donors (Lipinski definition) is 1. The number of para-hydroxylation sites is 1. The summed E-state index contributed by atoms with van der Waals surface area (Å²) in [4.78, 5) is 16.4. The molecule has 0 aliphatic rings. The lowest BCUT2D eigenvalue weighted by atomic mass is 10.1. The van der Waals surface area contributed by atoms with Gasteiger partial charge < -0.3 is 10.1 Å². The molecule has 1 aromatic heterocycles. The largest absolute Gasteiger partial charge is 0.483 e. The Balaban J connectivity index is 1.36. The van der Waals surface area contributed by atoms with Gasteiger partial charge in [0.15, 0.2) is 6.61 Å². The quantitative estimate of drug-likeness (QED) is 0.507. The van der Waals surface area contributed by atoms with Gasteiger partial charge in [0.05, 0.1) is 11.7 Å². The molecule has 0 aliphatic heterocycles. The molecule has 0 fully saturated rings. The molecule has 3 aromatic carbocycles. The second-order valence-corrected chi connectivity index (χ2v) is 6.87. The maximum Gasteiger partial charge on any atom is 0.258 e. The van der Waals surface area contributed by atoms with E-state index in [9.17, 15) is 4.79 Å². The van der Waals surface area contributed by atoms with Crippen molar-refractivity contribution < 1.29 is 9.53 Å². The van der Waals surface area contributed by atoms with Crippen molar-refractivity contribution in [2.75, 3.05) is 6.61 Å². The Hall–Kier alpha value is -3.93. The van der Waals surface area contributed by atoms with E-state index >= 15 is 0 Å². The summed E-state index contributed by atoms with van der Waals surface area (Å²) in [5, 5.41) is 7.09. The minimum atomic E-state index is -0.175. The van der Waals surface area contributed by atoms with Crippen molar-refractivity contribution in [3.8, 4) is 22.6 Å². The van der Waals surface area contributed by atoms with Gasteiger partial charge in [-0.15, -0.1) is 0 Å². The highest BCUT2D eigenvalue weighted by atomic mass is 16.5. The Kier molecular flexibility index (Phi) is 5.85. The van der Waals surface area contributed by atoms with Crippen LogP contribution in [-0.2, 0) is 4.79 Å². The molecule has 6 nitrogen and oxygen atoms in total. The topological polar surface area (TPSA) is 69.0 Å². The van der Waals surface area contributed by atoms with E-state index in [1.54, 1.807) is 11.0 Å². The number of ether oxygens (including phenoxy) is 1. The third kappa shape index (κ3) is 4.55. The molecule has 0 radical (unpaired) electrons. The summed E-state index contributed by atoms with van der Waals surface area (Å²) in [5.41, 5.74) is 3.92. The van der Waals surface area contributed by atoms with Gasteiger partial charge in [0.1, 0.15) is 18.4 Å². The molecule has 0 aliphatic carbocycles. The Labute approximate surface area is 175 Å². The molecule has 4 aromatic rings. The monoisotopic (exact) mass is 398 g/mol. The fourth-order valence-corrected chi connectivity index (χ4v) is 3.22. The Morgan fingerprint density at radius 3 is 2.47 bits per heavy atom. The van der Waals surface area contributed by atoms with Gasteiger partial charge in [-0.3, -0.25) is 4.79 Å². The number of hydrogen-bond acceptors (Lipinski definition) is 4. The zero-order valence-corrected chi connectivity index (χ0v) is 16.6. The Bertz CT molecular complexity index is 1090. The first kappa shape index (κ1) is 19.4. The van der Waals surface area contributed by atoms with E-state index in [2.05, 4.69) is 15.4 Å². The summed E-state index contributed by atoms with van der Waals surface area (Å²) < 4.78 is 7.51. The van der Waals surface area contributed by atoms with Crippen molar-refractivity contribution in [2.45, 2.75) is 13.0 Å². The fraction of sp³-hybridized carbons (Fsp3) is 0.125. The molecule has 1 amide bonds. The van der Waals surface area contributed by atoms with Crippen LogP contribution in [0.4, 0.5) is 0 Å². The van der Waals surface area contributed by atoms with E-state index in [-0.39, 0.29) is 18.6 Å². The summed E-state index contributed by atoms with van der Waals surface area (Å²) in [5.74, 6) is 0.509. The molecule has 1 atom stereocenters. The second kappa shape index (κ2) is 9.05.